The highest BCUT2D eigenvalue weighted by atomic mass is 32.2. The highest BCUT2D eigenvalue weighted by Crippen LogP contribution is 2.45. The SMILES string of the molecule is CCC1=C(c2cc(F)cc3ccsc23)N2CCN=C2S1. The van der Waals surface area contributed by atoms with E-state index in [1.807, 2.05) is 11.4 Å². The Morgan fingerprint density at radius 3 is 3.15 bits per heavy atom. The summed E-state index contributed by atoms with van der Waals surface area (Å²) < 4.78 is 15.1. The van der Waals surface area contributed by atoms with Crippen LogP contribution < -0.4 is 0 Å². The normalized spacial score (nSPS) is 18.1. The molecular formula is C15H13FN2S2. The summed E-state index contributed by atoms with van der Waals surface area (Å²) in [4.78, 5) is 8.08. The van der Waals surface area contributed by atoms with Crippen LogP contribution >= 0.6 is 23.1 Å². The Bertz CT molecular complexity index is 760. The van der Waals surface area contributed by atoms with Gasteiger partial charge in [-0.1, -0.05) is 18.7 Å². The van der Waals surface area contributed by atoms with Crippen LogP contribution in [0.4, 0.5) is 4.39 Å². The van der Waals surface area contributed by atoms with Gasteiger partial charge in [-0.3, -0.25) is 4.99 Å². The van der Waals surface area contributed by atoms with Gasteiger partial charge in [-0.05, 0) is 35.4 Å². The molecule has 0 spiro atoms. The van der Waals surface area contributed by atoms with E-state index in [9.17, 15) is 4.39 Å². The summed E-state index contributed by atoms with van der Waals surface area (Å²) in [6.07, 6.45) is 0.957. The van der Waals surface area contributed by atoms with Crippen molar-refractivity contribution in [2.45, 2.75) is 13.3 Å². The Kier molecular flexibility index (Phi) is 2.86. The number of allylic oxidation sites excluding steroid dienone is 1. The Morgan fingerprint density at radius 2 is 2.30 bits per heavy atom. The molecule has 0 bridgehead atoms. The smallest absolute Gasteiger partial charge is 0.168 e. The Balaban J connectivity index is 1.97. The third-order valence-electron chi connectivity index (χ3n) is 3.64. The van der Waals surface area contributed by atoms with Gasteiger partial charge < -0.3 is 4.90 Å². The topological polar surface area (TPSA) is 15.6 Å². The summed E-state index contributed by atoms with van der Waals surface area (Å²) in [7, 11) is 0. The fourth-order valence-corrected chi connectivity index (χ4v) is 4.81. The molecule has 4 rings (SSSR count). The first-order valence-electron chi connectivity index (χ1n) is 6.68. The van der Waals surface area contributed by atoms with Crippen LogP contribution in [0.5, 0.6) is 0 Å². The number of benzene rings is 1. The molecule has 0 saturated heterocycles. The van der Waals surface area contributed by atoms with Gasteiger partial charge >= 0.3 is 0 Å². The Morgan fingerprint density at radius 1 is 1.40 bits per heavy atom. The molecule has 0 amide bonds. The predicted molar refractivity (Wildman–Crippen MR) is 85.6 cm³/mol. The minimum atomic E-state index is -0.163. The molecule has 2 aliphatic heterocycles. The van der Waals surface area contributed by atoms with Crippen LogP contribution in [0, 0.1) is 5.82 Å². The first kappa shape index (κ1) is 12.4. The van der Waals surface area contributed by atoms with Crippen LogP contribution in [0.15, 0.2) is 33.5 Å². The number of hydrogen-bond acceptors (Lipinski definition) is 4. The fourth-order valence-electron chi connectivity index (χ4n) is 2.79. The summed E-state index contributed by atoms with van der Waals surface area (Å²) in [6.45, 7) is 3.90. The molecule has 0 atom stereocenters. The lowest BCUT2D eigenvalue weighted by Crippen LogP contribution is -2.20. The number of aliphatic imine (C=N–C) groups is 1. The molecule has 3 heterocycles. The lowest BCUT2D eigenvalue weighted by atomic mass is 10.1. The maximum absolute atomic E-state index is 13.9. The zero-order valence-corrected chi connectivity index (χ0v) is 12.7. The number of rotatable bonds is 2. The predicted octanol–water partition coefficient (Wildman–Crippen LogP) is 4.54. The zero-order valence-electron chi connectivity index (χ0n) is 11.0. The average molecular weight is 304 g/mol. The molecule has 5 heteroatoms. The van der Waals surface area contributed by atoms with Crippen LogP contribution in [0.25, 0.3) is 15.8 Å². The second-order valence-electron chi connectivity index (χ2n) is 4.84. The van der Waals surface area contributed by atoms with Gasteiger partial charge in [0.15, 0.2) is 5.17 Å². The standard InChI is InChI=1S/C15H13FN2S2/c1-2-12-13(18-5-4-17-15(18)20-12)11-8-10(16)7-9-3-6-19-14(9)11/h3,6-8H,2,4-5H2,1H3. The van der Waals surface area contributed by atoms with E-state index in [0.29, 0.717) is 0 Å². The monoisotopic (exact) mass is 304 g/mol. The van der Waals surface area contributed by atoms with E-state index in [0.717, 1.165) is 35.6 Å². The molecule has 0 N–H and O–H groups in total. The quantitative estimate of drug-likeness (QED) is 0.809. The summed E-state index contributed by atoms with van der Waals surface area (Å²) >= 11 is 3.42. The van der Waals surface area contributed by atoms with Crippen LogP contribution in [-0.2, 0) is 0 Å². The fraction of sp³-hybridized carbons (Fsp3) is 0.267. The minimum absolute atomic E-state index is 0.163. The molecule has 2 aromatic rings. The number of fused-ring (bicyclic) bond motifs is 2. The Hall–Kier alpha value is -1.33. The van der Waals surface area contributed by atoms with E-state index in [2.05, 4.69) is 16.8 Å². The van der Waals surface area contributed by atoms with E-state index in [-0.39, 0.29) is 5.82 Å². The molecule has 1 aromatic heterocycles. The van der Waals surface area contributed by atoms with Crippen molar-refractivity contribution in [3.05, 3.63) is 39.9 Å². The first-order valence-corrected chi connectivity index (χ1v) is 8.37. The van der Waals surface area contributed by atoms with Crippen molar-refractivity contribution < 1.29 is 4.39 Å². The second-order valence-corrected chi connectivity index (χ2v) is 6.81. The van der Waals surface area contributed by atoms with Crippen molar-refractivity contribution in [1.82, 2.24) is 4.90 Å². The maximum atomic E-state index is 13.9. The van der Waals surface area contributed by atoms with Gasteiger partial charge in [0.05, 0.1) is 12.2 Å². The highest BCUT2D eigenvalue weighted by Gasteiger charge is 2.33. The largest absolute Gasteiger partial charge is 0.318 e. The highest BCUT2D eigenvalue weighted by molar-refractivity contribution is 8.17. The van der Waals surface area contributed by atoms with Gasteiger partial charge in [0.2, 0.25) is 0 Å². The lowest BCUT2D eigenvalue weighted by Gasteiger charge is -2.18. The van der Waals surface area contributed by atoms with Crippen LogP contribution in [0.2, 0.25) is 0 Å². The van der Waals surface area contributed by atoms with Gasteiger partial charge in [0.1, 0.15) is 5.82 Å². The van der Waals surface area contributed by atoms with E-state index >= 15 is 0 Å². The minimum Gasteiger partial charge on any atom is -0.318 e. The van der Waals surface area contributed by atoms with Gasteiger partial charge in [-0.25, -0.2) is 4.39 Å². The van der Waals surface area contributed by atoms with Crippen molar-refractivity contribution in [2.75, 3.05) is 13.1 Å². The van der Waals surface area contributed by atoms with E-state index < -0.39 is 0 Å². The molecule has 2 aliphatic rings. The third-order valence-corrected chi connectivity index (χ3v) is 5.87. The second kappa shape index (κ2) is 4.60. The zero-order chi connectivity index (χ0) is 13.7. The lowest BCUT2D eigenvalue weighted by molar-refractivity contribution is 0.624. The van der Waals surface area contributed by atoms with Gasteiger partial charge in [0.25, 0.3) is 0 Å². The van der Waals surface area contributed by atoms with Crippen molar-refractivity contribution in [1.29, 1.82) is 0 Å². The molecule has 0 aliphatic carbocycles. The summed E-state index contributed by atoms with van der Waals surface area (Å²) in [5.74, 6) is -0.163. The van der Waals surface area contributed by atoms with E-state index in [1.165, 1.54) is 15.3 Å². The van der Waals surface area contributed by atoms with E-state index in [1.54, 1.807) is 35.2 Å². The van der Waals surface area contributed by atoms with Crippen molar-refractivity contribution in [3.8, 4) is 0 Å². The van der Waals surface area contributed by atoms with Crippen LogP contribution in [0.1, 0.15) is 18.9 Å². The average Bonchev–Trinajstić information content (AvgIpc) is 3.11. The van der Waals surface area contributed by atoms with Crippen LogP contribution in [-0.4, -0.2) is 23.2 Å². The molecule has 2 nitrogen and oxygen atoms in total. The van der Waals surface area contributed by atoms with Crippen molar-refractivity contribution in [3.63, 3.8) is 0 Å². The molecule has 0 saturated carbocycles. The molecule has 20 heavy (non-hydrogen) atoms. The van der Waals surface area contributed by atoms with Crippen molar-refractivity contribution in [2.24, 2.45) is 4.99 Å². The number of halogens is 1. The van der Waals surface area contributed by atoms with E-state index in [4.69, 9.17) is 0 Å². The summed E-state index contributed by atoms with van der Waals surface area (Å²) in [5.41, 5.74) is 2.19. The van der Waals surface area contributed by atoms with Gasteiger partial charge in [-0.15, -0.1) is 11.3 Å². The van der Waals surface area contributed by atoms with Gasteiger partial charge in [0, 0.05) is 21.7 Å². The molecule has 0 unspecified atom stereocenters. The molecule has 0 radical (unpaired) electrons. The number of thiophene rings is 1. The molecule has 1 aromatic carbocycles. The third kappa shape index (κ3) is 1.73. The Labute approximate surface area is 125 Å². The number of hydrogen-bond donors (Lipinski definition) is 0. The van der Waals surface area contributed by atoms with Crippen LogP contribution in [0.3, 0.4) is 0 Å². The molecule has 0 fully saturated rings. The van der Waals surface area contributed by atoms with Crippen molar-refractivity contribution >= 4 is 44.0 Å². The first-order chi connectivity index (χ1) is 9.78. The van der Waals surface area contributed by atoms with Gasteiger partial charge in [-0.2, -0.15) is 0 Å². The molecular weight excluding hydrogens is 291 g/mol. The number of nitrogens with zero attached hydrogens (tertiary/aromatic N) is 2. The maximum Gasteiger partial charge on any atom is 0.168 e. The number of thioether (sulfide) groups is 1. The molecule has 102 valence electrons. The number of amidine groups is 1. The summed E-state index contributed by atoms with van der Waals surface area (Å²) in [6, 6.07) is 5.27. The summed E-state index contributed by atoms with van der Waals surface area (Å²) in [5, 5.41) is 4.09.